The second kappa shape index (κ2) is 5.19. The van der Waals surface area contributed by atoms with Crippen LogP contribution in [0, 0.1) is 0 Å². The minimum atomic E-state index is -1.18. The van der Waals surface area contributed by atoms with Crippen molar-refractivity contribution in [2.45, 2.75) is 44.2 Å². The van der Waals surface area contributed by atoms with Gasteiger partial charge in [-0.3, -0.25) is 4.79 Å². The zero-order chi connectivity index (χ0) is 14.0. The van der Waals surface area contributed by atoms with Crippen LogP contribution in [0.1, 0.15) is 49.9 Å². The zero-order valence-corrected chi connectivity index (χ0v) is 11.3. The normalized spacial score (nSPS) is 19.1. The number of halogens is 1. The molecule has 1 saturated carbocycles. The van der Waals surface area contributed by atoms with Crippen molar-refractivity contribution in [2.24, 2.45) is 0 Å². The van der Waals surface area contributed by atoms with Gasteiger partial charge in [-0.25, -0.2) is 4.39 Å². The third-order valence-corrected chi connectivity index (χ3v) is 4.06. The van der Waals surface area contributed by atoms with Crippen LogP contribution in [0.25, 0.3) is 0 Å². The Balaban J connectivity index is 2.61. The molecule has 1 aromatic carbocycles. The average molecular weight is 266 g/mol. The summed E-state index contributed by atoms with van der Waals surface area (Å²) in [5, 5.41) is 9.62. The number of carboxylic acids is 1. The maximum absolute atomic E-state index is 13.6. The molecule has 0 aromatic heterocycles. The van der Waals surface area contributed by atoms with Crippen LogP contribution in [0.3, 0.4) is 0 Å². The van der Waals surface area contributed by atoms with Gasteiger partial charge < -0.3 is 9.84 Å². The largest absolute Gasteiger partial charge is 0.496 e. The van der Waals surface area contributed by atoms with Crippen LogP contribution >= 0.6 is 0 Å². The maximum atomic E-state index is 13.6. The van der Waals surface area contributed by atoms with Gasteiger partial charge in [-0.05, 0) is 19.8 Å². The quantitative estimate of drug-likeness (QED) is 0.905. The van der Waals surface area contributed by atoms with Crippen molar-refractivity contribution in [1.29, 1.82) is 0 Å². The molecule has 1 aliphatic rings. The van der Waals surface area contributed by atoms with Crippen LogP contribution < -0.4 is 4.74 Å². The fraction of sp³-hybridized carbons (Fsp3) is 0.533. The molecule has 1 atom stereocenters. The van der Waals surface area contributed by atoms with Gasteiger partial charge in [0, 0.05) is 11.1 Å². The first-order valence-electron chi connectivity index (χ1n) is 6.58. The zero-order valence-electron chi connectivity index (χ0n) is 11.3. The molecule has 1 aliphatic carbocycles. The number of rotatable bonds is 4. The fourth-order valence-electron chi connectivity index (χ4n) is 3.05. The molecule has 0 heterocycles. The molecule has 1 N–H and O–H groups in total. The molecule has 0 amide bonds. The Hall–Kier alpha value is -1.58. The first kappa shape index (κ1) is 13.8. The molecule has 0 spiro atoms. The molecule has 19 heavy (non-hydrogen) atoms. The summed E-state index contributed by atoms with van der Waals surface area (Å²) in [5.41, 5.74) is 0.116. The lowest BCUT2D eigenvalue weighted by atomic mass is 9.77. The van der Waals surface area contributed by atoms with Crippen LogP contribution in [-0.4, -0.2) is 18.2 Å². The van der Waals surface area contributed by atoms with Gasteiger partial charge in [0.25, 0.3) is 0 Å². The number of alkyl halides is 1. The predicted molar refractivity (Wildman–Crippen MR) is 70.3 cm³/mol. The Morgan fingerprint density at radius 1 is 1.42 bits per heavy atom. The Morgan fingerprint density at radius 3 is 2.53 bits per heavy atom. The molecule has 104 valence electrons. The smallest absolute Gasteiger partial charge is 0.314 e. The van der Waals surface area contributed by atoms with Gasteiger partial charge in [-0.1, -0.05) is 31.0 Å². The second-order valence-electron chi connectivity index (χ2n) is 5.14. The van der Waals surface area contributed by atoms with E-state index in [4.69, 9.17) is 4.74 Å². The van der Waals surface area contributed by atoms with Gasteiger partial charge in [0.15, 0.2) is 0 Å². The summed E-state index contributed by atoms with van der Waals surface area (Å²) in [7, 11) is 1.47. The van der Waals surface area contributed by atoms with Crippen molar-refractivity contribution >= 4 is 5.97 Å². The summed E-state index contributed by atoms with van der Waals surface area (Å²) in [6.07, 6.45) is 1.75. The number of ether oxygens (including phenoxy) is 1. The van der Waals surface area contributed by atoms with Crippen LogP contribution in [0.2, 0.25) is 0 Å². The average Bonchev–Trinajstić information content (AvgIpc) is 2.88. The number of hydrogen-bond donors (Lipinski definition) is 1. The van der Waals surface area contributed by atoms with E-state index in [9.17, 15) is 14.3 Å². The highest BCUT2D eigenvalue weighted by atomic mass is 19.1. The molecule has 0 saturated heterocycles. The van der Waals surface area contributed by atoms with Crippen molar-refractivity contribution in [2.75, 3.05) is 7.11 Å². The Morgan fingerprint density at radius 2 is 2.05 bits per heavy atom. The lowest BCUT2D eigenvalue weighted by Crippen LogP contribution is -2.33. The number of hydrogen-bond acceptors (Lipinski definition) is 2. The monoisotopic (exact) mass is 266 g/mol. The lowest BCUT2D eigenvalue weighted by Gasteiger charge is -2.27. The third-order valence-electron chi connectivity index (χ3n) is 4.06. The van der Waals surface area contributed by atoms with Gasteiger partial charge >= 0.3 is 5.97 Å². The van der Waals surface area contributed by atoms with E-state index in [-0.39, 0.29) is 0 Å². The van der Waals surface area contributed by atoms with E-state index in [0.717, 1.165) is 12.8 Å². The first-order chi connectivity index (χ1) is 9.03. The van der Waals surface area contributed by atoms with Crippen LogP contribution in [0.5, 0.6) is 5.75 Å². The number of methoxy groups -OCH3 is 1. The number of benzene rings is 1. The van der Waals surface area contributed by atoms with E-state index in [1.165, 1.54) is 14.0 Å². The van der Waals surface area contributed by atoms with E-state index in [2.05, 4.69) is 0 Å². The SMILES string of the molecule is COc1c(C(C)F)cccc1C1(C(=O)O)CCCC1. The Labute approximate surface area is 112 Å². The van der Waals surface area contributed by atoms with Crippen LogP contribution in [0.4, 0.5) is 4.39 Å². The number of carboxylic acid groups (broad SMARTS) is 1. The molecule has 0 radical (unpaired) electrons. The number of para-hydroxylation sites is 1. The highest BCUT2D eigenvalue weighted by Crippen LogP contribution is 2.47. The minimum absolute atomic E-state index is 0.391. The molecule has 1 unspecified atom stereocenters. The standard InChI is InChI=1S/C15H19FO3/c1-10(16)11-6-5-7-12(13(11)19-2)15(14(17)18)8-3-4-9-15/h5-7,10H,3-4,8-9H2,1-2H3,(H,17,18). The second-order valence-corrected chi connectivity index (χ2v) is 5.14. The molecular formula is C15H19FO3. The van der Waals surface area contributed by atoms with Crippen molar-refractivity contribution < 1.29 is 19.0 Å². The van der Waals surface area contributed by atoms with Crippen LogP contribution in [0.15, 0.2) is 18.2 Å². The molecule has 1 fully saturated rings. The molecule has 3 nitrogen and oxygen atoms in total. The number of carbonyl (C=O) groups is 1. The van der Waals surface area contributed by atoms with Crippen LogP contribution in [-0.2, 0) is 10.2 Å². The predicted octanol–water partition coefficient (Wildman–Crippen LogP) is 3.62. The van der Waals surface area contributed by atoms with Crippen molar-refractivity contribution in [3.63, 3.8) is 0 Å². The van der Waals surface area contributed by atoms with Gasteiger partial charge in [-0.2, -0.15) is 0 Å². The van der Waals surface area contributed by atoms with Crippen molar-refractivity contribution in [1.82, 2.24) is 0 Å². The summed E-state index contributed by atoms with van der Waals surface area (Å²) < 4.78 is 19.0. The number of aliphatic carboxylic acids is 1. The highest BCUT2D eigenvalue weighted by Gasteiger charge is 2.45. The van der Waals surface area contributed by atoms with E-state index in [1.54, 1.807) is 18.2 Å². The summed E-state index contributed by atoms with van der Waals surface area (Å²) in [5.74, 6) is -0.450. The van der Waals surface area contributed by atoms with Gasteiger partial charge in [-0.15, -0.1) is 0 Å². The van der Waals surface area contributed by atoms with Crippen molar-refractivity contribution in [3.8, 4) is 5.75 Å². The summed E-state index contributed by atoms with van der Waals surface area (Å²) >= 11 is 0. The van der Waals surface area contributed by atoms with Gasteiger partial charge in [0.2, 0.25) is 0 Å². The molecule has 0 bridgehead atoms. The molecule has 1 aromatic rings. The summed E-state index contributed by atoms with van der Waals surface area (Å²) in [4.78, 5) is 11.7. The lowest BCUT2D eigenvalue weighted by molar-refractivity contribution is -0.143. The van der Waals surface area contributed by atoms with Gasteiger partial charge in [0.05, 0.1) is 12.5 Å². The minimum Gasteiger partial charge on any atom is -0.496 e. The molecule has 2 rings (SSSR count). The first-order valence-corrected chi connectivity index (χ1v) is 6.58. The van der Waals surface area contributed by atoms with Crippen molar-refractivity contribution in [3.05, 3.63) is 29.3 Å². The van der Waals surface area contributed by atoms with Gasteiger partial charge in [0.1, 0.15) is 11.9 Å². The molecule has 0 aliphatic heterocycles. The third kappa shape index (κ3) is 2.20. The topological polar surface area (TPSA) is 46.5 Å². The highest BCUT2D eigenvalue weighted by molar-refractivity contribution is 5.83. The summed E-state index contributed by atoms with van der Waals surface area (Å²) in [6.45, 7) is 1.43. The molecular weight excluding hydrogens is 247 g/mol. The van der Waals surface area contributed by atoms with E-state index in [1.807, 2.05) is 0 Å². The van der Waals surface area contributed by atoms with E-state index < -0.39 is 17.6 Å². The van der Waals surface area contributed by atoms with E-state index in [0.29, 0.717) is 29.7 Å². The summed E-state index contributed by atoms with van der Waals surface area (Å²) in [6, 6.07) is 5.12. The Bertz CT molecular complexity index is 476. The fourth-order valence-corrected chi connectivity index (χ4v) is 3.05. The Kier molecular flexibility index (Phi) is 3.78. The van der Waals surface area contributed by atoms with E-state index >= 15 is 0 Å². The maximum Gasteiger partial charge on any atom is 0.314 e. The molecule has 4 heteroatoms.